The lowest BCUT2D eigenvalue weighted by Crippen LogP contribution is -2.05. The van der Waals surface area contributed by atoms with Crippen molar-refractivity contribution in [1.82, 2.24) is 0 Å². The summed E-state index contributed by atoms with van der Waals surface area (Å²) in [4.78, 5) is 0. The van der Waals surface area contributed by atoms with Crippen LogP contribution < -0.4 is 18.9 Å². The van der Waals surface area contributed by atoms with Gasteiger partial charge in [-0.05, 0) is 23.3 Å². The molecule has 136 valence electrons. The fourth-order valence-corrected chi connectivity index (χ4v) is 2.81. The maximum atomic E-state index is 9.76. The minimum absolute atomic E-state index is 0.157. The maximum Gasteiger partial charge on any atom is 0.126 e. The highest BCUT2D eigenvalue weighted by atomic mass is 16.5. The van der Waals surface area contributed by atoms with E-state index in [9.17, 15) is 10.2 Å². The summed E-state index contributed by atoms with van der Waals surface area (Å²) in [5.74, 6) is 2.41. The van der Waals surface area contributed by atoms with Crippen LogP contribution in [0.3, 0.4) is 0 Å². The third-order valence-corrected chi connectivity index (χ3v) is 4.16. The summed E-state index contributed by atoms with van der Waals surface area (Å²) in [6, 6.07) is 7.07. The Kier molecular flexibility index (Phi) is 6.50. The Morgan fingerprint density at radius 2 is 1.04 bits per heavy atom. The van der Waals surface area contributed by atoms with E-state index >= 15 is 0 Å². The van der Waals surface area contributed by atoms with Gasteiger partial charge in [0.25, 0.3) is 0 Å². The van der Waals surface area contributed by atoms with Gasteiger partial charge in [-0.1, -0.05) is 0 Å². The van der Waals surface area contributed by atoms with Gasteiger partial charge in [0.1, 0.15) is 23.0 Å². The fourth-order valence-electron chi connectivity index (χ4n) is 2.81. The summed E-state index contributed by atoms with van der Waals surface area (Å²) in [6.45, 7) is -0.314. The summed E-state index contributed by atoms with van der Waals surface area (Å²) >= 11 is 0. The van der Waals surface area contributed by atoms with Crippen LogP contribution in [0.15, 0.2) is 24.3 Å². The van der Waals surface area contributed by atoms with Crippen molar-refractivity contribution in [3.63, 3.8) is 0 Å². The normalized spacial score (nSPS) is 10.5. The standard InChI is InChI=1S/C19H24O6/c1-22-14-5-12(10-20)16(18(7-14)24-3)9-17-13(11-21)6-15(23-2)8-19(17)25-4/h5-8,20-21H,9-11H2,1-4H3. The Morgan fingerprint density at radius 3 is 1.32 bits per heavy atom. The molecule has 2 aromatic rings. The highest BCUT2D eigenvalue weighted by Gasteiger charge is 2.18. The monoisotopic (exact) mass is 348 g/mol. The molecular formula is C19H24O6. The molecule has 6 nitrogen and oxygen atoms in total. The predicted molar refractivity (Wildman–Crippen MR) is 93.7 cm³/mol. The van der Waals surface area contributed by atoms with E-state index in [-0.39, 0.29) is 13.2 Å². The average molecular weight is 348 g/mol. The Labute approximate surface area is 147 Å². The molecule has 0 fully saturated rings. The molecule has 2 N–H and O–H groups in total. The van der Waals surface area contributed by atoms with Crippen molar-refractivity contribution in [2.45, 2.75) is 19.6 Å². The van der Waals surface area contributed by atoms with Gasteiger partial charge in [0, 0.05) is 29.7 Å². The van der Waals surface area contributed by atoms with Gasteiger partial charge in [-0.25, -0.2) is 0 Å². The number of aliphatic hydroxyl groups is 2. The lowest BCUT2D eigenvalue weighted by atomic mass is 9.94. The second-order valence-electron chi connectivity index (χ2n) is 5.43. The second-order valence-corrected chi connectivity index (χ2v) is 5.43. The third kappa shape index (κ3) is 3.97. The smallest absolute Gasteiger partial charge is 0.126 e. The quantitative estimate of drug-likeness (QED) is 0.762. The number of benzene rings is 2. The molecule has 0 aliphatic carbocycles. The molecule has 25 heavy (non-hydrogen) atoms. The first-order chi connectivity index (χ1) is 12.1. The molecule has 0 bridgehead atoms. The van der Waals surface area contributed by atoms with E-state index < -0.39 is 0 Å². The van der Waals surface area contributed by atoms with Crippen molar-refractivity contribution >= 4 is 0 Å². The number of hydrogen-bond acceptors (Lipinski definition) is 6. The van der Waals surface area contributed by atoms with E-state index in [1.807, 2.05) is 0 Å². The molecule has 2 aromatic carbocycles. The molecule has 0 aliphatic rings. The summed E-state index contributed by atoms with van der Waals surface area (Å²) in [6.07, 6.45) is 0.423. The number of methoxy groups -OCH3 is 4. The predicted octanol–water partition coefficient (Wildman–Crippen LogP) is 2.30. The van der Waals surface area contributed by atoms with Crippen LogP contribution in [-0.2, 0) is 19.6 Å². The lowest BCUT2D eigenvalue weighted by Gasteiger charge is -2.19. The SMILES string of the molecule is COc1cc(CO)c(Cc2c(CO)cc(OC)cc2OC)c(OC)c1. The number of aliphatic hydroxyl groups excluding tert-OH is 2. The van der Waals surface area contributed by atoms with E-state index in [0.29, 0.717) is 40.5 Å². The highest BCUT2D eigenvalue weighted by molar-refractivity contribution is 5.54. The van der Waals surface area contributed by atoms with Crippen LogP contribution in [0.25, 0.3) is 0 Å². The molecule has 0 aromatic heterocycles. The summed E-state index contributed by atoms with van der Waals surface area (Å²) in [5.41, 5.74) is 3.00. The van der Waals surface area contributed by atoms with Crippen LogP contribution in [0, 0.1) is 0 Å². The molecular weight excluding hydrogens is 324 g/mol. The van der Waals surface area contributed by atoms with Crippen molar-refractivity contribution in [3.05, 3.63) is 46.5 Å². The van der Waals surface area contributed by atoms with Gasteiger partial charge >= 0.3 is 0 Å². The number of hydrogen-bond donors (Lipinski definition) is 2. The summed E-state index contributed by atoms with van der Waals surface area (Å²) < 4.78 is 21.5. The van der Waals surface area contributed by atoms with Crippen molar-refractivity contribution in [3.8, 4) is 23.0 Å². The van der Waals surface area contributed by atoms with Gasteiger partial charge in [0.2, 0.25) is 0 Å². The molecule has 0 saturated carbocycles. The van der Waals surface area contributed by atoms with Crippen LogP contribution in [0.5, 0.6) is 23.0 Å². The largest absolute Gasteiger partial charge is 0.497 e. The number of ether oxygens (including phenoxy) is 4. The topological polar surface area (TPSA) is 77.4 Å². The molecule has 0 amide bonds. The molecule has 2 rings (SSSR count). The fraction of sp³-hybridized carbons (Fsp3) is 0.368. The van der Waals surface area contributed by atoms with Crippen LogP contribution in [0.2, 0.25) is 0 Å². The average Bonchev–Trinajstić information content (AvgIpc) is 2.67. The first-order valence-electron chi connectivity index (χ1n) is 7.81. The van der Waals surface area contributed by atoms with Crippen LogP contribution >= 0.6 is 0 Å². The molecule has 0 saturated heterocycles. The molecule has 6 heteroatoms. The Balaban J connectivity index is 2.59. The van der Waals surface area contributed by atoms with Crippen molar-refractivity contribution in [1.29, 1.82) is 0 Å². The molecule has 0 aliphatic heterocycles. The van der Waals surface area contributed by atoms with Gasteiger partial charge in [-0.2, -0.15) is 0 Å². The van der Waals surface area contributed by atoms with E-state index in [2.05, 4.69) is 0 Å². The Bertz CT molecular complexity index is 614. The molecule has 0 unspecified atom stereocenters. The van der Waals surface area contributed by atoms with Crippen LogP contribution in [0.4, 0.5) is 0 Å². The van der Waals surface area contributed by atoms with Crippen LogP contribution in [0.1, 0.15) is 22.3 Å². The minimum Gasteiger partial charge on any atom is -0.497 e. The van der Waals surface area contributed by atoms with Crippen molar-refractivity contribution in [2.24, 2.45) is 0 Å². The van der Waals surface area contributed by atoms with E-state index in [1.165, 1.54) is 0 Å². The van der Waals surface area contributed by atoms with Crippen molar-refractivity contribution < 1.29 is 29.2 Å². The third-order valence-electron chi connectivity index (χ3n) is 4.16. The van der Waals surface area contributed by atoms with E-state index in [1.54, 1.807) is 52.7 Å². The number of rotatable bonds is 8. The van der Waals surface area contributed by atoms with Gasteiger partial charge in [0.15, 0.2) is 0 Å². The maximum absolute atomic E-state index is 9.76. The lowest BCUT2D eigenvalue weighted by molar-refractivity contribution is 0.276. The first-order valence-corrected chi connectivity index (χ1v) is 7.81. The molecule has 0 spiro atoms. The molecule has 0 heterocycles. The van der Waals surface area contributed by atoms with Crippen molar-refractivity contribution in [2.75, 3.05) is 28.4 Å². The van der Waals surface area contributed by atoms with Gasteiger partial charge in [-0.3, -0.25) is 0 Å². The zero-order chi connectivity index (χ0) is 18.4. The second kappa shape index (κ2) is 8.60. The first kappa shape index (κ1) is 18.9. The minimum atomic E-state index is -0.157. The van der Waals surface area contributed by atoms with Crippen LogP contribution in [-0.4, -0.2) is 38.7 Å². The zero-order valence-corrected chi connectivity index (χ0v) is 15.0. The highest BCUT2D eigenvalue weighted by Crippen LogP contribution is 2.36. The van der Waals surface area contributed by atoms with Gasteiger partial charge < -0.3 is 29.2 Å². The Morgan fingerprint density at radius 1 is 0.640 bits per heavy atom. The van der Waals surface area contributed by atoms with Gasteiger partial charge in [-0.15, -0.1) is 0 Å². The molecule has 0 atom stereocenters. The Hall–Kier alpha value is -2.44. The van der Waals surface area contributed by atoms with Gasteiger partial charge in [0.05, 0.1) is 41.7 Å². The van der Waals surface area contributed by atoms with E-state index in [0.717, 1.165) is 11.1 Å². The van der Waals surface area contributed by atoms with E-state index in [4.69, 9.17) is 18.9 Å². The molecule has 0 radical (unpaired) electrons. The summed E-state index contributed by atoms with van der Waals surface area (Å²) in [5, 5.41) is 19.5. The summed E-state index contributed by atoms with van der Waals surface area (Å²) in [7, 11) is 6.26. The zero-order valence-electron chi connectivity index (χ0n) is 15.0.